The van der Waals surface area contributed by atoms with E-state index in [0.717, 1.165) is 13.0 Å². The molecule has 14 heavy (non-hydrogen) atoms. The molecule has 0 bridgehead atoms. The average molecular weight is 201 g/mol. The lowest BCUT2D eigenvalue weighted by molar-refractivity contribution is -0.152. The first-order valence-corrected chi connectivity index (χ1v) is 5.04. The normalized spacial score (nSPS) is 32.9. The van der Waals surface area contributed by atoms with Crippen LogP contribution in [0.15, 0.2) is 0 Å². The van der Waals surface area contributed by atoms with Crippen molar-refractivity contribution in [3.05, 3.63) is 0 Å². The third-order valence-corrected chi connectivity index (χ3v) is 2.93. The Hall–Kier alpha value is -0.610. The van der Waals surface area contributed by atoms with Gasteiger partial charge in [0.1, 0.15) is 0 Å². The maximum absolute atomic E-state index is 11.2. The molecule has 4 heteroatoms. The number of methoxy groups -OCH3 is 1. The molecule has 2 atom stereocenters. The van der Waals surface area contributed by atoms with E-state index in [-0.39, 0.29) is 0 Å². The predicted molar refractivity (Wildman–Crippen MR) is 53.2 cm³/mol. The van der Waals surface area contributed by atoms with Gasteiger partial charge in [0, 0.05) is 20.3 Å². The van der Waals surface area contributed by atoms with Gasteiger partial charge in [-0.15, -0.1) is 0 Å². The van der Waals surface area contributed by atoms with E-state index >= 15 is 0 Å². The van der Waals surface area contributed by atoms with Gasteiger partial charge >= 0.3 is 5.97 Å². The molecule has 0 spiro atoms. The molecule has 1 heterocycles. The first kappa shape index (κ1) is 11.5. The predicted octanol–water partition coefficient (Wildman–Crippen LogP) is 0.723. The van der Waals surface area contributed by atoms with Crippen LogP contribution in [0.25, 0.3) is 0 Å². The van der Waals surface area contributed by atoms with Gasteiger partial charge in [-0.1, -0.05) is 6.92 Å². The van der Waals surface area contributed by atoms with Crippen LogP contribution in [0.4, 0.5) is 0 Å². The highest BCUT2D eigenvalue weighted by Crippen LogP contribution is 2.33. The lowest BCUT2D eigenvalue weighted by Gasteiger charge is -2.36. The van der Waals surface area contributed by atoms with Crippen molar-refractivity contribution in [3.63, 3.8) is 0 Å². The maximum Gasteiger partial charge on any atom is 0.311 e. The minimum atomic E-state index is -0.700. The van der Waals surface area contributed by atoms with E-state index in [0.29, 0.717) is 25.5 Å². The van der Waals surface area contributed by atoms with E-state index in [4.69, 9.17) is 4.74 Å². The lowest BCUT2D eigenvalue weighted by Crippen LogP contribution is -2.49. The number of carbonyl (C=O) groups is 1. The van der Waals surface area contributed by atoms with Crippen molar-refractivity contribution in [2.45, 2.75) is 19.8 Å². The summed E-state index contributed by atoms with van der Waals surface area (Å²) in [6, 6.07) is 0. The summed E-state index contributed by atoms with van der Waals surface area (Å²) in [6.45, 7) is 4.08. The Morgan fingerprint density at radius 3 is 2.93 bits per heavy atom. The summed E-state index contributed by atoms with van der Waals surface area (Å²) in [6.07, 6.45) is 1.34. The second-order valence-electron chi connectivity index (χ2n) is 4.27. The molecule has 0 radical (unpaired) electrons. The summed E-state index contributed by atoms with van der Waals surface area (Å²) in [5.41, 5.74) is -0.617. The molecule has 0 saturated carbocycles. The van der Waals surface area contributed by atoms with E-state index in [1.54, 1.807) is 7.11 Å². The van der Waals surface area contributed by atoms with E-state index in [9.17, 15) is 9.90 Å². The molecule has 1 unspecified atom stereocenters. The van der Waals surface area contributed by atoms with Gasteiger partial charge in [0.2, 0.25) is 0 Å². The van der Waals surface area contributed by atoms with Crippen LogP contribution in [-0.2, 0) is 9.53 Å². The van der Waals surface area contributed by atoms with Gasteiger partial charge in [0.25, 0.3) is 0 Å². The van der Waals surface area contributed by atoms with Crippen molar-refractivity contribution in [3.8, 4) is 0 Å². The van der Waals surface area contributed by atoms with E-state index in [1.807, 2.05) is 0 Å². The second kappa shape index (κ2) is 4.75. The highest BCUT2D eigenvalue weighted by atomic mass is 16.5. The molecule has 0 amide bonds. The number of hydrogen-bond donors (Lipinski definition) is 2. The van der Waals surface area contributed by atoms with Crippen LogP contribution in [0.2, 0.25) is 0 Å². The number of piperidine rings is 1. The van der Waals surface area contributed by atoms with Gasteiger partial charge < -0.3 is 15.2 Å². The number of ether oxygens (including phenoxy) is 1. The fourth-order valence-electron chi connectivity index (χ4n) is 2.13. The Morgan fingerprint density at radius 1 is 1.71 bits per heavy atom. The van der Waals surface area contributed by atoms with E-state index in [1.165, 1.54) is 0 Å². The number of carboxylic acid groups (broad SMARTS) is 1. The average Bonchev–Trinajstić information content (AvgIpc) is 2.14. The number of aliphatic carboxylic acids is 1. The van der Waals surface area contributed by atoms with Crippen LogP contribution in [-0.4, -0.2) is 37.9 Å². The molecule has 0 aromatic heterocycles. The molecular formula is C10H19NO3. The van der Waals surface area contributed by atoms with Crippen LogP contribution in [0.1, 0.15) is 19.8 Å². The largest absolute Gasteiger partial charge is 0.481 e. The van der Waals surface area contributed by atoms with Crippen molar-refractivity contribution in [1.82, 2.24) is 5.32 Å². The quantitative estimate of drug-likeness (QED) is 0.703. The Balaban J connectivity index is 2.65. The van der Waals surface area contributed by atoms with Crippen LogP contribution in [0.5, 0.6) is 0 Å². The number of nitrogens with one attached hydrogen (secondary N) is 1. The van der Waals surface area contributed by atoms with Crippen LogP contribution < -0.4 is 5.32 Å². The Morgan fingerprint density at radius 2 is 2.43 bits per heavy atom. The van der Waals surface area contributed by atoms with Crippen molar-refractivity contribution in [2.75, 3.05) is 26.8 Å². The molecule has 1 aliphatic heterocycles. The van der Waals surface area contributed by atoms with Gasteiger partial charge in [0.15, 0.2) is 0 Å². The highest BCUT2D eigenvalue weighted by Gasteiger charge is 2.41. The SMILES string of the molecule is COCC[C@]1(C(=O)O)CNCC(C)C1. The number of hydrogen-bond acceptors (Lipinski definition) is 3. The molecule has 0 aromatic rings. The number of rotatable bonds is 4. The summed E-state index contributed by atoms with van der Waals surface area (Å²) >= 11 is 0. The van der Waals surface area contributed by atoms with Crippen molar-refractivity contribution in [1.29, 1.82) is 0 Å². The van der Waals surface area contributed by atoms with Crippen molar-refractivity contribution < 1.29 is 14.6 Å². The summed E-state index contributed by atoms with van der Waals surface area (Å²) < 4.78 is 4.96. The van der Waals surface area contributed by atoms with Crippen LogP contribution in [0.3, 0.4) is 0 Å². The molecule has 1 aliphatic rings. The summed E-state index contributed by atoms with van der Waals surface area (Å²) in [4.78, 5) is 11.2. The monoisotopic (exact) mass is 201 g/mol. The van der Waals surface area contributed by atoms with Crippen molar-refractivity contribution in [2.24, 2.45) is 11.3 Å². The first-order valence-electron chi connectivity index (χ1n) is 5.04. The smallest absolute Gasteiger partial charge is 0.311 e. The maximum atomic E-state index is 11.2. The minimum Gasteiger partial charge on any atom is -0.481 e. The highest BCUT2D eigenvalue weighted by molar-refractivity contribution is 5.75. The molecule has 1 fully saturated rings. The third-order valence-electron chi connectivity index (χ3n) is 2.93. The molecule has 1 saturated heterocycles. The number of carboxylic acids is 1. The van der Waals surface area contributed by atoms with E-state index in [2.05, 4.69) is 12.2 Å². The Kier molecular flexibility index (Phi) is 3.89. The molecule has 2 N–H and O–H groups in total. The zero-order chi connectivity index (χ0) is 10.6. The fraction of sp³-hybridized carbons (Fsp3) is 0.900. The van der Waals surface area contributed by atoms with Gasteiger partial charge in [-0.2, -0.15) is 0 Å². The molecule has 0 aromatic carbocycles. The van der Waals surface area contributed by atoms with E-state index < -0.39 is 11.4 Å². The lowest BCUT2D eigenvalue weighted by atomic mass is 9.74. The fourth-order valence-corrected chi connectivity index (χ4v) is 2.13. The molecule has 1 rings (SSSR count). The van der Waals surface area contributed by atoms with Gasteiger partial charge in [0.05, 0.1) is 5.41 Å². The molecule has 4 nitrogen and oxygen atoms in total. The Labute approximate surface area is 84.6 Å². The second-order valence-corrected chi connectivity index (χ2v) is 4.27. The summed E-state index contributed by atoms with van der Waals surface area (Å²) in [5.74, 6) is -0.273. The summed E-state index contributed by atoms with van der Waals surface area (Å²) in [5, 5.41) is 12.4. The van der Waals surface area contributed by atoms with Crippen LogP contribution >= 0.6 is 0 Å². The minimum absolute atomic E-state index is 0.428. The zero-order valence-corrected chi connectivity index (χ0v) is 8.88. The molecule has 0 aliphatic carbocycles. The topological polar surface area (TPSA) is 58.6 Å². The van der Waals surface area contributed by atoms with Gasteiger partial charge in [-0.05, 0) is 25.3 Å². The standard InChI is InChI=1S/C10H19NO3/c1-8-5-10(9(12)13,3-4-14-2)7-11-6-8/h8,11H,3-7H2,1-2H3,(H,12,13)/t8?,10-/m1/s1. The van der Waals surface area contributed by atoms with Crippen LogP contribution in [0, 0.1) is 11.3 Å². The third kappa shape index (κ3) is 2.45. The summed E-state index contributed by atoms with van der Waals surface area (Å²) in [7, 11) is 1.61. The van der Waals surface area contributed by atoms with Gasteiger partial charge in [-0.25, -0.2) is 0 Å². The van der Waals surface area contributed by atoms with Crippen molar-refractivity contribution >= 4 is 5.97 Å². The first-order chi connectivity index (χ1) is 6.60. The van der Waals surface area contributed by atoms with Gasteiger partial charge in [-0.3, -0.25) is 4.79 Å². The molecule has 82 valence electrons. The zero-order valence-electron chi connectivity index (χ0n) is 8.88. The Bertz CT molecular complexity index is 208. The molecular weight excluding hydrogens is 182 g/mol.